The maximum absolute atomic E-state index is 12.4. The van der Waals surface area contributed by atoms with Crippen molar-refractivity contribution in [2.45, 2.75) is 6.42 Å². The summed E-state index contributed by atoms with van der Waals surface area (Å²) in [6.07, 6.45) is 0.467. The van der Waals surface area contributed by atoms with E-state index in [1.807, 2.05) is 30.3 Å². The molecule has 144 valence electrons. The number of H-pyrrole nitrogens is 1. The Morgan fingerprint density at radius 2 is 1.89 bits per heavy atom. The summed E-state index contributed by atoms with van der Waals surface area (Å²) in [7, 11) is 1.47. The van der Waals surface area contributed by atoms with E-state index in [-0.39, 0.29) is 5.39 Å². The highest BCUT2D eigenvalue weighted by Gasteiger charge is 2.21. The van der Waals surface area contributed by atoms with Gasteiger partial charge in [-0.3, -0.25) is 14.4 Å². The number of aliphatic carboxylic acids is 1. The van der Waals surface area contributed by atoms with Gasteiger partial charge in [0.1, 0.15) is 23.6 Å². The number of benzene rings is 2. The average Bonchev–Trinajstić information content (AvgIpc) is 2.67. The third kappa shape index (κ3) is 3.80. The van der Waals surface area contributed by atoms with E-state index in [4.69, 9.17) is 9.84 Å². The number of carboxylic acids is 1. The number of carboxylic acid groups (broad SMARTS) is 1. The number of methoxy groups -OCH3 is 1. The van der Waals surface area contributed by atoms with Gasteiger partial charge in [-0.1, -0.05) is 30.3 Å². The Morgan fingerprint density at radius 1 is 1.18 bits per heavy atom. The summed E-state index contributed by atoms with van der Waals surface area (Å²) >= 11 is 0. The van der Waals surface area contributed by atoms with Gasteiger partial charge in [0.2, 0.25) is 0 Å². The molecule has 28 heavy (non-hydrogen) atoms. The number of hydrogen-bond donors (Lipinski definition) is 4. The number of aromatic amines is 1. The topological polar surface area (TPSA) is 129 Å². The number of carbonyl (C=O) groups is 2. The van der Waals surface area contributed by atoms with Crippen LogP contribution in [0.5, 0.6) is 11.5 Å². The number of aromatic hydroxyl groups is 1. The summed E-state index contributed by atoms with van der Waals surface area (Å²) in [6, 6.07) is 12.8. The second-order valence-electron chi connectivity index (χ2n) is 6.13. The lowest BCUT2D eigenvalue weighted by Crippen LogP contribution is -2.33. The average molecular weight is 382 g/mol. The van der Waals surface area contributed by atoms with Gasteiger partial charge in [-0.05, 0) is 29.7 Å². The fraction of sp³-hybridized carbons (Fsp3) is 0.150. The minimum atomic E-state index is -1.27. The molecule has 0 unspecified atom stereocenters. The first-order valence-corrected chi connectivity index (χ1v) is 8.40. The number of aromatic nitrogens is 1. The molecule has 3 rings (SSSR count). The number of ether oxygens (including phenoxy) is 1. The Morgan fingerprint density at radius 3 is 2.54 bits per heavy atom. The lowest BCUT2D eigenvalue weighted by molar-refractivity contribution is -0.135. The van der Waals surface area contributed by atoms with Crippen molar-refractivity contribution in [1.82, 2.24) is 10.3 Å². The van der Waals surface area contributed by atoms with Crippen molar-refractivity contribution in [2.24, 2.45) is 0 Å². The fourth-order valence-electron chi connectivity index (χ4n) is 2.95. The van der Waals surface area contributed by atoms with Crippen LogP contribution < -0.4 is 15.6 Å². The van der Waals surface area contributed by atoms with E-state index in [2.05, 4.69) is 10.3 Å². The van der Waals surface area contributed by atoms with Gasteiger partial charge >= 0.3 is 5.97 Å². The van der Waals surface area contributed by atoms with E-state index >= 15 is 0 Å². The molecule has 1 aromatic heterocycles. The zero-order valence-electron chi connectivity index (χ0n) is 15.0. The second-order valence-corrected chi connectivity index (χ2v) is 6.13. The summed E-state index contributed by atoms with van der Waals surface area (Å²) in [5, 5.41) is 21.6. The molecule has 0 aliphatic carbocycles. The maximum atomic E-state index is 12.4. The number of rotatable bonds is 6. The lowest BCUT2D eigenvalue weighted by atomic mass is 9.99. The molecule has 4 N–H and O–H groups in total. The highest BCUT2D eigenvalue weighted by Crippen LogP contribution is 2.32. The Kier molecular flexibility index (Phi) is 5.30. The van der Waals surface area contributed by atoms with Crippen molar-refractivity contribution in [3.63, 3.8) is 0 Å². The summed E-state index contributed by atoms with van der Waals surface area (Å²) in [5.74, 6) is -2.33. The van der Waals surface area contributed by atoms with Crippen LogP contribution in [0, 0.1) is 0 Å². The largest absolute Gasteiger partial charge is 0.506 e. The molecule has 0 saturated heterocycles. The smallest absolute Gasteiger partial charge is 0.322 e. The van der Waals surface area contributed by atoms with Gasteiger partial charge in [-0.2, -0.15) is 0 Å². The van der Waals surface area contributed by atoms with Crippen LogP contribution in [0.4, 0.5) is 0 Å². The minimum Gasteiger partial charge on any atom is -0.506 e. The molecule has 8 heteroatoms. The highest BCUT2D eigenvalue weighted by atomic mass is 16.5. The number of carbonyl (C=O) groups excluding carboxylic acids is 1. The van der Waals surface area contributed by atoms with Crippen molar-refractivity contribution < 1.29 is 24.5 Å². The SMILES string of the molecule is COc1cc(Cc2ccccc2)c2[nH]c(=O)c(C(=O)NCC(=O)O)c(O)c2c1. The maximum Gasteiger partial charge on any atom is 0.322 e. The summed E-state index contributed by atoms with van der Waals surface area (Å²) in [6.45, 7) is -0.673. The first-order chi connectivity index (χ1) is 13.4. The second kappa shape index (κ2) is 7.83. The van der Waals surface area contributed by atoms with Gasteiger partial charge in [0.05, 0.1) is 12.6 Å². The molecule has 0 bridgehead atoms. The number of pyridine rings is 1. The Bertz CT molecular complexity index is 1110. The monoisotopic (exact) mass is 382 g/mol. The van der Waals surface area contributed by atoms with Gasteiger partial charge in [-0.25, -0.2) is 0 Å². The van der Waals surface area contributed by atoms with E-state index in [1.165, 1.54) is 13.2 Å². The number of amides is 1. The van der Waals surface area contributed by atoms with E-state index in [9.17, 15) is 19.5 Å². The number of fused-ring (bicyclic) bond motifs is 1. The first-order valence-electron chi connectivity index (χ1n) is 8.40. The molecule has 1 amide bonds. The zero-order chi connectivity index (χ0) is 20.3. The number of nitrogens with one attached hydrogen (secondary N) is 2. The quantitative estimate of drug-likeness (QED) is 0.513. The van der Waals surface area contributed by atoms with Crippen LogP contribution in [-0.4, -0.2) is 40.7 Å². The van der Waals surface area contributed by atoms with Gasteiger partial charge in [0.15, 0.2) is 0 Å². The van der Waals surface area contributed by atoms with Crippen molar-refractivity contribution >= 4 is 22.8 Å². The minimum absolute atomic E-state index is 0.227. The van der Waals surface area contributed by atoms with Crippen LogP contribution in [0.25, 0.3) is 10.9 Å². The van der Waals surface area contributed by atoms with Crippen LogP contribution in [0.1, 0.15) is 21.5 Å². The normalized spacial score (nSPS) is 10.6. The molecule has 3 aromatic rings. The molecule has 0 atom stereocenters. The molecule has 2 aromatic carbocycles. The molecule has 0 aliphatic heterocycles. The molecule has 0 aliphatic rings. The van der Waals surface area contributed by atoms with Crippen molar-refractivity contribution in [2.75, 3.05) is 13.7 Å². The van der Waals surface area contributed by atoms with Crippen LogP contribution in [-0.2, 0) is 11.2 Å². The van der Waals surface area contributed by atoms with Gasteiger partial charge in [0, 0.05) is 5.39 Å². The summed E-state index contributed by atoms with van der Waals surface area (Å²) in [4.78, 5) is 37.9. The van der Waals surface area contributed by atoms with Gasteiger partial charge < -0.3 is 25.3 Å². The van der Waals surface area contributed by atoms with E-state index < -0.39 is 35.3 Å². The predicted octanol–water partition coefficient (Wildman–Crippen LogP) is 1.65. The molecule has 0 saturated carbocycles. The van der Waals surface area contributed by atoms with Crippen molar-refractivity contribution in [3.8, 4) is 11.5 Å². The third-order valence-electron chi connectivity index (χ3n) is 4.25. The van der Waals surface area contributed by atoms with Crippen LogP contribution in [0.2, 0.25) is 0 Å². The van der Waals surface area contributed by atoms with Crippen LogP contribution in [0.3, 0.4) is 0 Å². The molecule has 0 fully saturated rings. The van der Waals surface area contributed by atoms with E-state index in [1.54, 1.807) is 6.07 Å². The Balaban J connectivity index is 2.15. The molecular weight excluding hydrogens is 364 g/mol. The highest BCUT2D eigenvalue weighted by molar-refractivity contribution is 6.03. The Hall–Kier alpha value is -3.81. The van der Waals surface area contributed by atoms with Crippen LogP contribution >= 0.6 is 0 Å². The van der Waals surface area contributed by atoms with Gasteiger partial charge in [0.25, 0.3) is 11.5 Å². The van der Waals surface area contributed by atoms with E-state index in [0.717, 1.165) is 5.56 Å². The number of hydrogen-bond acceptors (Lipinski definition) is 5. The predicted molar refractivity (Wildman–Crippen MR) is 102 cm³/mol. The first kappa shape index (κ1) is 19.0. The standard InChI is InChI=1S/C20H18N2O6/c1-28-13-8-12(7-11-5-3-2-4-6-11)17-14(9-13)18(25)16(20(27)22-17)19(26)21-10-15(23)24/h2-6,8-9H,7,10H2,1H3,(H,21,26)(H,23,24)(H2,22,25,27). The van der Waals surface area contributed by atoms with Crippen molar-refractivity contribution in [1.29, 1.82) is 0 Å². The van der Waals surface area contributed by atoms with Crippen LogP contribution in [0.15, 0.2) is 47.3 Å². The molecule has 8 nitrogen and oxygen atoms in total. The molecular formula is C20H18N2O6. The molecule has 0 spiro atoms. The lowest BCUT2D eigenvalue weighted by Gasteiger charge is -2.13. The Labute approximate surface area is 159 Å². The summed E-state index contributed by atoms with van der Waals surface area (Å²) < 4.78 is 5.28. The zero-order valence-corrected chi connectivity index (χ0v) is 15.0. The van der Waals surface area contributed by atoms with E-state index in [0.29, 0.717) is 23.3 Å². The van der Waals surface area contributed by atoms with Gasteiger partial charge in [-0.15, -0.1) is 0 Å². The van der Waals surface area contributed by atoms with Crippen molar-refractivity contribution in [3.05, 3.63) is 69.5 Å². The summed E-state index contributed by atoms with van der Waals surface area (Å²) in [5.41, 5.74) is 0.702. The third-order valence-corrected chi connectivity index (χ3v) is 4.25. The molecule has 0 radical (unpaired) electrons. The fourth-order valence-corrected chi connectivity index (χ4v) is 2.95. The molecule has 1 heterocycles.